The van der Waals surface area contributed by atoms with Crippen molar-refractivity contribution in [2.75, 3.05) is 7.11 Å². The standard InChI is InChI=1S/C14H17Br2N3O/c1-3-6-19-14(12(20-2)8-18-19)13(17)10-7-9(15)4-5-11(10)16/h4-5,7-8,13H,3,6,17H2,1-2H3. The van der Waals surface area contributed by atoms with Crippen molar-refractivity contribution >= 4 is 31.9 Å². The van der Waals surface area contributed by atoms with Crippen LogP contribution in [0.15, 0.2) is 33.3 Å². The maximum absolute atomic E-state index is 6.45. The Balaban J connectivity index is 2.48. The summed E-state index contributed by atoms with van der Waals surface area (Å²) in [5, 5.41) is 4.36. The molecule has 2 rings (SSSR count). The third-order valence-electron chi connectivity index (χ3n) is 3.09. The van der Waals surface area contributed by atoms with Crippen molar-refractivity contribution in [3.8, 4) is 5.75 Å². The van der Waals surface area contributed by atoms with E-state index in [0.29, 0.717) is 0 Å². The van der Waals surface area contributed by atoms with Gasteiger partial charge in [0.05, 0.1) is 19.3 Å². The average molecular weight is 403 g/mol. The third kappa shape index (κ3) is 3.07. The van der Waals surface area contributed by atoms with Gasteiger partial charge in [-0.15, -0.1) is 0 Å². The van der Waals surface area contributed by atoms with E-state index >= 15 is 0 Å². The molecule has 0 saturated carbocycles. The molecule has 0 radical (unpaired) electrons. The van der Waals surface area contributed by atoms with Crippen LogP contribution in [0.5, 0.6) is 5.75 Å². The van der Waals surface area contributed by atoms with Gasteiger partial charge in [-0.05, 0) is 30.2 Å². The number of hydrogen-bond donors (Lipinski definition) is 1. The number of aromatic nitrogens is 2. The Bertz CT molecular complexity index is 598. The van der Waals surface area contributed by atoms with E-state index in [2.05, 4.69) is 43.9 Å². The molecule has 0 fully saturated rings. The van der Waals surface area contributed by atoms with Gasteiger partial charge in [-0.1, -0.05) is 38.8 Å². The lowest BCUT2D eigenvalue weighted by Crippen LogP contribution is -2.19. The number of methoxy groups -OCH3 is 1. The molecule has 20 heavy (non-hydrogen) atoms. The fourth-order valence-corrected chi connectivity index (χ4v) is 3.01. The smallest absolute Gasteiger partial charge is 0.161 e. The first-order chi connectivity index (χ1) is 9.58. The highest BCUT2D eigenvalue weighted by atomic mass is 79.9. The molecule has 0 aliphatic carbocycles. The van der Waals surface area contributed by atoms with Crippen LogP contribution < -0.4 is 10.5 Å². The molecular formula is C14H17Br2N3O. The van der Waals surface area contributed by atoms with E-state index in [-0.39, 0.29) is 6.04 Å². The lowest BCUT2D eigenvalue weighted by molar-refractivity contribution is 0.404. The summed E-state index contributed by atoms with van der Waals surface area (Å²) in [6, 6.07) is 5.66. The first-order valence-electron chi connectivity index (χ1n) is 6.38. The van der Waals surface area contributed by atoms with Gasteiger partial charge in [-0.2, -0.15) is 5.10 Å². The van der Waals surface area contributed by atoms with E-state index in [0.717, 1.165) is 38.9 Å². The summed E-state index contributed by atoms with van der Waals surface area (Å²) in [5.74, 6) is 0.720. The molecule has 1 unspecified atom stereocenters. The zero-order valence-electron chi connectivity index (χ0n) is 11.4. The summed E-state index contributed by atoms with van der Waals surface area (Å²) in [4.78, 5) is 0. The van der Waals surface area contributed by atoms with Crippen molar-refractivity contribution in [3.05, 3.63) is 44.6 Å². The Morgan fingerprint density at radius 1 is 1.40 bits per heavy atom. The Morgan fingerprint density at radius 2 is 2.15 bits per heavy atom. The number of benzene rings is 1. The fraction of sp³-hybridized carbons (Fsp3) is 0.357. The van der Waals surface area contributed by atoms with Crippen molar-refractivity contribution in [1.82, 2.24) is 9.78 Å². The highest BCUT2D eigenvalue weighted by molar-refractivity contribution is 9.11. The number of nitrogens with zero attached hydrogens (tertiary/aromatic N) is 2. The van der Waals surface area contributed by atoms with Crippen LogP contribution >= 0.6 is 31.9 Å². The number of aryl methyl sites for hydroxylation is 1. The Kier molecular flexibility index (Phi) is 5.23. The molecule has 0 saturated heterocycles. The molecular weight excluding hydrogens is 386 g/mol. The van der Waals surface area contributed by atoms with Crippen LogP contribution in [-0.4, -0.2) is 16.9 Å². The monoisotopic (exact) mass is 401 g/mol. The van der Waals surface area contributed by atoms with E-state index in [1.54, 1.807) is 13.3 Å². The molecule has 1 heterocycles. The quantitative estimate of drug-likeness (QED) is 0.825. The molecule has 2 aromatic rings. The van der Waals surface area contributed by atoms with E-state index in [9.17, 15) is 0 Å². The second kappa shape index (κ2) is 6.74. The third-order valence-corrected chi connectivity index (χ3v) is 4.30. The van der Waals surface area contributed by atoms with Gasteiger partial charge < -0.3 is 10.5 Å². The summed E-state index contributed by atoms with van der Waals surface area (Å²) < 4.78 is 9.27. The summed E-state index contributed by atoms with van der Waals surface area (Å²) in [5.41, 5.74) is 8.34. The first-order valence-corrected chi connectivity index (χ1v) is 7.97. The van der Waals surface area contributed by atoms with Crippen LogP contribution in [0.25, 0.3) is 0 Å². The first kappa shape index (κ1) is 15.5. The Hall–Kier alpha value is -0.850. The largest absolute Gasteiger partial charge is 0.493 e. The van der Waals surface area contributed by atoms with Crippen molar-refractivity contribution in [3.63, 3.8) is 0 Å². The van der Waals surface area contributed by atoms with Crippen LogP contribution in [0, 0.1) is 0 Å². The molecule has 0 bridgehead atoms. The lowest BCUT2D eigenvalue weighted by atomic mass is 10.0. The SMILES string of the molecule is CCCn1ncc(OC)c1C(N)c1cc(Br)ccc1Br. The molecule has 0 spiro atoms. The van der Waals surface area contributed by atoms with Crippen LogP contribution in [0.2, 0.25) is 0 Å². The number of nitrogens with two attached hydrogens (primary N) is 1. The maximum atomic E-state index is 6.45. The molecule has 0 amide bonds. The number of ether oxygens (including phenoxy) is 1. The van der Waals surface area contributed by atoms with E-state index in [4.69, 9.17) is 10.5 Å². The molecule has 1 atom stereocenters. The summed E-state index contributed by atoms with van der Waals surface area (Å²) >= 11 is 7.04. The van der Waals surface area contributed by atoms with Crippen LogP contribution in [0.1, 0.15) is 30.6 Å². The summed E-state index contributed by atoms with van der Waals surface area (Å²) in [7, 11) is 1.64. The molecule has 0 aliphatic rings. The van der Waals surface area contributed by atoms with Crippen molar-refractivity contribution in [2.24, 2.45) is 5.73 Å². The number of hydrogen-bond acceptors (Lipinski definition) is 3. The van der Waals surface area contributed by atoms with Crippen molar-refractivity contribution in [1.29, 1.82) is 0 Å². The van der Waals surface area contributed by atoms with Crippen LogP contribution in [-0.2, 0) is 6.54 Å². The van der Waals surface area contributed by atoms with Gasteiger partial charge in [0.2, 0.25) is 0 Å². The van der Waals surface area contributed by atoms with Gasteiger partial charge in [0.15, 0.2) is 5.75 Å². The minimum atomic E-state index is -0.300. The van der Waals surface area contributed by atoms with Gasteiger partial charge >= 0.3 is 0 Å². The fourth-order valence-electron chi connectivity index (χ4n) is 2.14. The maximum Gasteiger partial charge on any atom is 0.161 e. The Morgan fingerprint density at radius 3 is 2.80 bits per heavy atom. The number of rotatable bonds is 5. The summed E-state index contributed by atoms with van der Waals surface area (Å²) in [6.07, 6.45) is 2.71. The normalized spacial score (nSPS) is 12.4. The van der Waals surface area contributed by atoms with Crippen molar-refractivity contribution in [2.45, 2.75) is 25.9 Å². The number of halogens is 2. The topological polar surface area (TPSA) is 53.1 Å². The second-order valence-electron chi connectivity index (χ2n) is 4.46. The van der Waals surface area contributed by atoms with Gasteiger partial charge in [0.25, 0.3) is 0 Å². The summed E-state index contributed by atoms with van der Waals surface area (Å²) in [6.45, 7) is 2.93. The molecule has 0 aliphatic heterocycles. The average Bonchev–Trinajstić information content (AvgIpc) is 2.84. The minimum absolute atomic E-state index is 0.300. The Labute approximate surface area is 135 Å². The van der Waals surface area contributed by atoms with Crippen LogP contribution in [0.3, 0.4) is 0 Å². The highest BCUT2D eigenvalue weighted by Crippen LogP contribution is 2.33. The van der Waals surface area contributed by atoms with Crippen LogP contribution in [0.4, 0.5) is 0 Å². The molecule has 4 nitrogen and oxygen atoms in total. The highest BCUT2D eigenvalue weighted by Gasteiger charge is 2.22. The molecule has 1 aromatic heterocycles. The van der Waals surface area contributed by atoms with Gasteiger partial charge in [0.1, 0.15) is 5.69 Å². The second-order valence-corrected chi connectivity index (χ2v) is 6.23. The molecule has 6 heteroatoms. The molecule has 2 N–H and O–H groups in total. The van der Waals surface area contributed by atoms with E-state index in [1.807, 2.05) is 22.9 Å². The lowest BCUT2D eigenvalue weighted by Gasteiger charge is -2.17. The predicted molar refractivity (Wildman–Crippen MR) is 86.9 cm³/mol. The zero-order valence-corrected chi connectivity index (χ0v) is 14.6. The molecule has 1 aromatic carbocycles. The van der Waals surface area contributed by atoms with Gasteiger partial charge in [0, 0.05) is 15.5 Å². The van der Waals surface area contributed by atoms with E-state index < -0.39 is 0 Å². The van der Waals surface area contributed by atoms with Gasteiger partial charge in [-0.25, -0.2) is 0 Å². The predicted octanol–water partition coefficient (Wildman–Crippen LogP) is 3.87. The van der Waals surface area contributed by atoms with E-state index in [1.165, 1.54) is 0 Å². The molecule has 108 valence electrons. The minimum Gasteiger partial charge on any atom is -0.493 e. The van der Waals surface area contributed by atoms with Crippen molar-refractivity contribution < 1.29 is 4.74 Å². The zero-order chi connectivity index (χ0) is 14.7. The van der Waals surface area contributed by atoms with Gasteiger partial charge in [-0.3, -0.25) is 4.68 Å².